The fourth-order valence-electron chi connectivity index (χ4n) is 4.37. The molecule has 0 spiro atoms. The first-order valence-corrected chi connectivity index (χ1v) is 11.1. The van der Waals surface area contributed by atoms with Crippen molar-refractivity contribution in [3.05, 3.63) is 30.5 Å². The summed E-state index contributed by atoms with van der Waals surface area (Å²) in [5.41, 5.74) is 2.27. The second-order valence-electron chi connectivity index (χ2n) is 8.55. The first-order chi connectivity index (χ1) is 17.1. The number of halogens is 4. The Morgan fingerprint density at radius 1 is 1.28 bits per heavy atom. The molecule has 3 aromatic heterocycles. The molecule has 1 fully saturated rings. The number of benzene rings is 1. The molecule has 0 unspecified atom stereocenters. The van der Waals surface area contributed by atoms with E-state index in [4.69, 9.17) is 4.74 Å². The van der Waals surface area contributed by atoms with Crippen LogP contribution in [0.4, 0.5) is 23.5 Å². The van der Waals surface area contributed by atoms with Gasteiger partial charge in [0.05, 0.1) is 25.2 Å². The zero-order valence-corrected chi connectivity index (χ0v) is 19.3. The maximum absolute atomic E-state index is 14.7. The van der Waals surface area contributed by atoms with Crippen molar-refractivity contribution in [3.63, 3.8) is 0 Å². The molecule has 1 aliphatic heterocycles. The number of carbonyl (C=O) groups excluding carboxylic acids is 1. The monoisotopic (exact) mass is 506 g/mol. The van der Waals surface area contributed by atoms with Gasteiger partial charge < -0.3 is 15.0 Å². The number of methoxy groups -OCH3 is 1. The lowest BCUT2D eigenvalue weighted by molar-refractivity contribution is -0.142. The van der Waals surface area contributed by atoms with Crippen LogP contribution in [0, 0.1) is 0 Å². The average Bonchev–Trinajstić information content (AvgIpc) is 3.42. The molecular weight excluding hydrogens is 484 g/mol. The normalized spacial score (nSPS) is 18.7. The highest BCUT2D eigenvalue weighted by Gasteiger charge is 2.32. The van der Waals surface area contributed by atoms with E-state index < -0.39 is 24.9 Å². The van der Waals surface area contributed by atoms with Gasteiger partial charge in [0.1, 0.15) is 23.7 Å². The maximum Gasteiger partial charge on any atom is 0.408 e. The molecule has 4 aromatic rings. The van der Waals surface area contributed by atoms with Crippen molar-refractivity contribution in [1.82, 2.24) is 34.5 Å². The van der Waals surface area contributed by atoms with Crippen LogP contribution < -0.4 is 10.1 Å². The van der Waals surface area contributed by atoms with Gasteiger partial charge in [-0.25, -0.2) is 13.6 Å². The predicted molar refractivity (Wildman–Crippen MR) is 121 cm³/mol. The Morgan fingerprint density at radius 2 is 2.08 bits per heavy atom. The van der Waals surface area contributed by atoms with Crippen LogP contribution in [0.1, 0.15) is 13.3 Å². The van der Waals surface area contributed by atoms with Crippen LogP contribution in [0.5, 0.6) is 5.88 Å². The summed E-state index contributed by atoms with van der Waals surface area (Å²) < 4.78 is 61.3. The third-order valence-corrected chi connectivity index (χ3v) is 6.13. The molecule has 2 atom stereocenters. The van der Waals surface area contributed by atoms with Gasteiger partial charge in [0.2, 0.25) is 17.7 Å². The molecule has 4 heterocycles. The molecule has 1 amide bonds. The minimum atomic E-state index is -4.44. The fraction of sp³-hybridized carbons (Fsp3) is 0.409. The van der Waals surface area contributed by atoms with Gasteiger partial charge in [0.25, 0.3) is 0 Å². The molecule has 0 saturated carbocycles. The van der Waals surface area contributed by atoms with E-state index in [-0.39, 0.29) is 29.8 Å². The minimum absolute atomic E-state index is 0.0116. The molecule has 1 aliphatic rings. The number of ether oxygens (including phenoxy) is 1. The van der Waals surface area contributed by atoms with Gasteiger partial charge in [0, 0.05) is 25.2 Å². The molecule has 0 bridgehead atoms. The smallest absolute Gasteiger partial charge is 0.408 e. The van der Waals surface area contributed by atoms with Crippen molar-refractivity contribution in [2.75, 3.05) is 25.5 Å². The predicted octanol–water partition coefficient (Wildman–Crippen LogP) is 3.08. The minimum Gasteiger partial charge on any atom is -0.479 e. The highest BCUT2D eigenvalue weighted by molar-refractivity contribution is 5.89. The lowest BCUT2D eigenvalue weighted by Crippen LogP contribution is -2.49. The van der Waals surface area contributed by atoms with Crippen molar-refractivity contribution < 1.29 is 27.1 Å². The number of fused-ring (bicyclic) bond motifs is 2. The zero-order chi connectivity index (χ0) is 25.6. The molecule has 1 N–H and O–H groups in total. The number of anilines is 1. The van der Waals surface area contributed by atoms with Gasteiger partial charge in [-0.3, -0.25) is 4.79 Å². The number of hydrogen-bond donors (Lipinski definition) is 1. The number of amides is 1. The van der Waals surface area contributed by atoms with E-state index in [2.05, 4.69) is 25.7 Å². The van der Waals surface area contributed by atoms with Crippen molar-refractivity contribution in [1.29, 1.82) is 0 Å². The van der Waals surface area contributed by atoms with Crippen LogP contribution in [-0.4, -0.2) is 79.0 Å². The standard InChI is InChI=1S/C22H22F4N8O2/c1-12(35)32-7-6-16(15(23)10-32)27-21-28-20(36-2)19-14(5-8-33(19)30-21)13-3-4-17-18(9-13)34(31-29-17)11-22(24,25)26/h3-5,8-9,15-16H,6-7,10-11H2,1-2H3,(H,27,30)/t15-,16+/m1/s1. The zero-order valence-electron chi connectivity index (χ0n) is 19.3. The van der Waals surface area contributed by atoms with Crippen LogP contribution in [0.25, 0.3) is 27.7 Å². The summed E-state index contributed by atoms with van der Waals surface area (Å²) in [5, 5.41) is 14.8. The van der Waals surface area contributed by atoms with E-state index in [1.807, 2.05) is 0 Å². The topological polar surface area (TPSA) is 102 Å². The third kappa shape index (κ3) is 4.50. The van der Waals surface area contributed by atoms with Crippen molar-refractivity contribution >= 4 is 28.4 Å². The summed E-state index contributed by atoms with van der Waals surface area (Å²) in [4.78, 5) is 17.4. The highest BCUT2D eigenvalue weighted by Crippen LogP contribution is 2.33. The number of piperidine rings is 1. The second-order valence-corrected chi connectivity index (χ2v) is 8.55. The Bertz CT molecular complexity index is 1430. The largest absolute Gasteiger partial charge is 0.479 e. The summed E-state index contributed by atoms with van der Waals surface area (Å²) in [6.45, 7) is 0.557. The molecule has 1 saturated heterocycles. The molecule has 10 nitrogen and oxygen atoms in total. The number of carbonyl (C=O) groups is 1. The number of hydrogen-bond acceptors (Lipinski definition) is 7. The molecule has 190 valence electrons. The van der Waals surface area contributed by atoms with E-state index in [1.54, 1.807) is 30.5 Å². The summed E-state index contributed by atoms with van der Waals surface area (Å²) in [5.74, 6) is 0.171. The van der Waals surface area contributed by atoms with Crippen LogP contribution in [0.3, 0.4) is 0 Å². The van der Waals surface area contributed by atoms with Crippen LogP contribution >= 0.6 is 0 Å². The number of nitrogens with one attached hydrogen (secondary N) is 1. The van der Waals surface area contributed by atoms with Gasteiger partial charge in [0.15, 0.2) is 0 Å². The Kier molecular flexibility index (Phi) is 5.88. The number of likely N-dealkylation sites (tertiary alicyclic amines) is 1. The quantitative estimate of drug-likeness (QED) is 0.415. The Labute approximate surface area is 201 Å². The Morgan fingerprint density at radius 3 is 2.78 bits per heavy atom. The summed E-state index contributed by atoms with van der Waals surface area (Å²) in [6, 6.07) is 6.02. The molecule has 0 radical (unpaired) electrons. The summed E-state index contributed by atoms with van der Waals surface area (Å²) in [6.07, 6.45) is -3.70. The molecule has 0 aliphatic carbocycles. The first-order valence-electron chi connectivity index (χ1n) is 11.1. The van der Waals surface area contributed by atoms with Gasteiger partial charge in [-0.15, -0.1) is 10.2 Å². The van der Waals surface area contributed by atoms with E-state index in [1.165, 1.54) is 23.4 Å². The van der Waals surface area contributed by atoms with E-state index in [0.29, 0.717) is 35.1 Å². The third-order valence-electron chi connectivity index (χ3n) is 6.13. The Balaban J connectivity index is 1.47. The lowest BCUT2D eigenvalue weighted by atomic mass is 10.0. The van der Waals surface area contributed by atoms with Gasteiger partial charge >= 0.3 is 6.18 Å². The highest BCUT2D eigenvalue weighted by atomic mass is 19.4. The van der Waals surface area contributed by atoms with Gasteiger partial charge in [-0.2, -0.15) is 18.2 Å². The average molecular weight is 506 g/mol. The maximum atomic E-state index is 14.7. The molecule has 36 heavy (non-hydrogen) atoms. The number of rotatable bonds is 5. The SMILES string of the molecule is COc1nc(N[C@H]2CCN(C(C)=O)C[C@H]2F)nn2ccc(-c3ccc4nnn(CC(F)(F)F)c4c3)c12. The van der Waals surface area contributed by atoms with E-state index in [9.17, 15) is 22.4 Å². The van der Waals surface area contributed by atoms with Gasteiger partial charge in [-0.1, -0.05) is 11.3 Å². The molecule has 5 rings (SSSR count). The van der Waals surface area contributed by atoms with Crippen LogP contribution in [0.15, 0.2) is 30.5 Å². The van der Waals surface area contributed by atoms with E-state index in [0.717, 1.165) is 4.68 Å². The Hall–Kier alpha value is -3.97. The van der Waals surface area contributed by atoms with Crippen molar-refractivity contribution in [2.45, 2.75) is 38.3 Å². The van der Waals surface area contributed by atoms with E-state index >= 15 is 0 Å². The second kappa shape index (κ2) is 8.91. The van der Waals surface area contributed by atoms with Crippen LogP contribution in [0.2, 0.25) is 0 Å². The first kappa shape index (κ1) is 23.8. The van der Waals surface area contributed by atoms with Crippen molar-refractivity contribution in [2.24, 2.45) is 0 Å². The fourth-order valence-corrected chi connectivity index (χ4v) is 4.37. The number of aromatic nitrogens is 6. The lowest BCUT2D eigenvalue weighted by Gasteiger charge is -2.34. The van der Waals surface area contributed by atoms with Gasteiger partial charge in [-0.05, 0) is 30.2 Å². The number of alkyl halides is 4. The van der Waals surface area contributed by atoms with Crippen molar-refractivity contribution in [3.8, 4) is 17.0 Å². The summed E-state index contributed by atoms with van der Waals surface area (Å²) in [7, 11) is 1.43. The molecular formula is C22H22F4N8O2. The summed E-state index contributed by atoms with van der Waals surface area (Å²) >= 11 is 0. The molecule has 14 heteroatoms. The van der Waals surface area contributed by atoms with Crippen LogP contribution in [-0.2, 0) is 11.3 Å². The number of nitrogens with zero attached hydrogens (tertiary/aromatic N) is 7. The molecule has 1 aromatic carbocycles.